The van der Waals surface area contributed by atoms with Crippen LogP contribution in [0.2, 0.25) is 0 Å². The zero-order valence-corrected chi connectivity index (χ0v) is 22.6. The van der Waals surface area contributed by atoms with Gasteiger partial charge in [-0.15, -0.1) is 0 Å². The van der Waals surface area contributed by atoms with Gasteiger partial charge in [-0.1, -0.05) is 65.8 Å². The van der Waals surface area contributed by atoms with E-state index in [1.807, 2.05) is 0 Å². The molecule has 3 nitrogen and oxygen atoms in total. The van der Waals surface area contributed by atoms with Crippen LogP contribution in [0.4, 0.5) is 0 Å². The van der Waals surface area contributed by atoms with Crippen LogP contribution in [0.3, 0.4) is 0 Å². The van der Waals surface area contributed by atoms with Crippen molar-refractivity contribution in [2.24, 2.45) is 12.5 Å². The van der Waals surface area contributed by atoms with E-state index in [9.17, 15) is 0 Å². The second-order valence-electron chi connectivity index (χ2n) is 12.6. The Hall–Kier alpha value is -2.75. The molecule has 3 heterocycles. The summed E-state index contributed by atoms with van der Waals surface area (Å²) >= 11 is 0. The fourth-order valence-electron chi connectivity index (χ4n) is 5.16. The van der Waals surface area contributed by atoms with Crippen LogP contribution in [0.5, 0.6) is 0 Å². The van der Waals surface area contributed by atoms with Gasteiger partial charge in [-0.2, -0.15) is 0 Å². The van der Waals surface area contributed by atoms with Crippen molar-refractivity contribution >= 4 is 17.7 Å². The molecule has 3 heteroatoms. The number of pyridine rings is 1. The van der Waals surface area contributed by atoms with Crippen molar-refractivity contribution in [2.45, 2.75) is 72.0 Å². The Kier molecular flexibility index (Phi) is 5.22. The summed E-state index contributed by atoms with van der Waals surface area (Å²) < 4.78 is 2.07. The Labute approximate surface area is 210 Å². The molecular formula is C32H38NO2+. The van der Waals surface area contributed by atoms with Crippen molar-refractivity contribution in [3.05, 3.63) is 93.9 Å². The van der Waals surface area contributed by atoms with Gasteiger partial charge in [-0.3, -0.25) is 0 Å². The Morgan fingerprint density at radius 3 is 2.14 bits per heavy atom. The average molecular weight is 469 g/mol. The van der Waals surface area contributed by atoms with Crippen LogP contribution < -0.4 is 4.57 Å². The smallest absolute Gasteiger partial charge is 0.169 e. The maximum Gasteiger partial charge on any atom is 0.169 e. The molecule has 0 radical (unpaired) electrons. The molecule has 0 saturated carbocycles. The standard InChI is InChI=1S/C32H38NO2/c1-21-23-10-11-25-19-32(30(5,6)7)20-28(31(25,8)34-35-32)27(22-12-14-33(9)15-13-22)18-24(21)17-26(16-23)29(2,3)4/h10-20H,1-9H3/q+1/b11-10-,27-18-. The van der Waals surface area contributed by atoms with E-state index in [0.717, 1.165) is 11.1 Å². The van der Waals surface area contributed by atoms with E-state index in [4.69, 9.17) is 9.78 Å². The van der Waals surface area contributed by atoms with Crippen LogP contribution in [0, 0.1) is 12.3 Å². The van der Waals surface area contributed by atoms with E-state index < -0.39 is 11.2 Å². The molecule has 2 aliphatic carbocycles. The van der Waals surface area contributed by atoms with E-state index in [1.165, 1.54) is 33.4 Å². The zero-order chi connectivity index (χ0) is 25.4. The van der Waals surface area contributed by atoms with Gasteiger partial charge in [0, 0.05) is 17.5 Å². The summed E-state index contributed by atoms with van der Waals surface area (Å²) in [4.78, 5) is 12.5. The highest BCUT2D eigenvalue weighted by atomic mass is 17.2. The van der Waals surface area contributed by atoms with Crippen molar-refractivity contribution in [2.75, 3.05) is 0 Å². The summed E-state index contributed by atoms with van der Waals surface area (Å²) in [6.07, 6.45) is 15.6. The quantitative estimate of drug-likeness (QED) is 0.330. The fourth-order valence-corrected chi connectivity index (χ4v) is 5.16. The molecule has 2 aromatic rings. The molecule has 2 aliphatic heterocycles. The van der Waals surface area contributed by atoms with E-state index in [0.29, 0.717) is 0 Å². The molecule has 0 N–H and O–H groups in total. The number of hydrogen-bond donors (Lipinski definition) is 0. The Balaban J connectivity index is 1.88. The highest BCUT2D eigenvalue weighted by molar-refractivity contribution is 5.95. The molecule has 2 unspecified atom stereocenters. The van der Waals surface area contributed by atoms with Gasteiger partial charge in [0.15, 0.2) is 18.0 Å². The second kappa shape index (κ2) is 7.62. The van der Waals surface area contributed by atoms with E-state index >= 15 is 0 Å². The lowest BCUT2D eigenvalue weighted by Gasteiger charge is -2.52. The van der Waals surface area contributed by atoms with Crippen molar-refractivity contribution < 1.29 is 14.3 Å². The lowest BCUT2D eigenvalue weighted by atomic mass is 9.65. The van der Waals surface area contributed by atoms with Gasteiger partial charge in [-0.05, 0) is 82.0 Å². The summed E-state index contributed by atoms with van der Waals surface area (Å²) in [5.74, 6) is 0. The van der Waals surface area contributed by atoms with Crippen LogP contribution in [-0.4, -0.2) is 11.2 Å². The van der Waals surface area contributed by atoms with Gasteiger partial charge in [0.1, 0.15) is 12.6 Å². The average Bonchev–Trinajstić information content (AvgIpc) is 2.76. The normalized spacial score (nSPS) is 28.1. The zero-order valence-electron chi connectivity index (χ0n) is 22.6. The van der Waals surface area contributed by atoms with E-state index in [1.54, 1.807) is 0 Å². The van der Waals surface area contributed by atoms with Crippen molar-refractivity contribution in [3.63, 3.8) is 0 Å². The third-order valence-corrected chi connectivity index (χ3v) is 7.99. The van der Waals surface area contributed by atoms with Crippen molar-refractivity contribution in [1.82, 2.24) is 0 Å². The minimum atomic E-state index is -0.704. The molecule has 2 atom stereocenters. The summed E-state index contributed by atoms with van der Waals surface area (Å²) in [5, 5.41) is 0. The van der Waals surface area contributed by atoms with Crippen molar-refractivity contribution in [1.29, 1.82) is 0 Å². The molecule has 182 valence electrons. The maximum absolute atomic E-state index is 6.31. The third kappa shape index (κ3) is 3.77. The topological polar surface area (TPSA) is 22.3 Å². The van der Waals surface area contributed by atoms with E-state index in [-0.39, 0.29) is 10.8 Å². The Bertz CT molecular complexity index is 1330. The van der Waals surface area contributed by atoms with Crippen LogP contribution in [-0.2, 0) is 22.2 Å². The maximum atomic E-state index is 6.31. The van der Waals surface area contributed by atoms with Gasteiger partial charge in [0.05, 0.1) is 0 Å². The number of aryl methyl sites for hydroxylation is 1. The summed E-state index contributed by atoms with van der Waals surface area (Å²) in [6, 6.07) is 9.08. The molecule has 1 aromatic carbocycles. The fraction of sp³-hybridized carbons (Fsp3) is 0.406. The first-order valence-electron chi connectivity index (χ1n) is 12.6. The third-order valence-electron chi connectivity index (χ3n) is 7.99. The number of nitrogens with zero attached hydrogens (tertiary/aromatic N) is 1. The highest BCUT2D eigenvalue weighted by Gasteiger charge is 2.55. The predicted molar refractivity (Wildman–Crippen MR) is 143 cm³/mol. The first kappa shape index (κ1) is 24.0. The van der Waals surface area contributed by atoms with Gasteiger partial charge < -0.3 is 0 Å². The molecule has 4 aliphatic rings. The largest absolute Gasteiger partial charge is 0.220 e. The first-order valence-corrected chi connectivity index (χ1v) is 12.6. The molecule has 0 spiro atoms. The molecule has 1 aromatic heterocycles. The first-order chi connectivity index (χ1) is 16.2. The number of fused-ring (bicyclic) bond motifs is 3. The molecule has 0 saturated heterocycles. The van der Waals surface area contributed by atoms with Crippen molar-refractivity contribution in [3.8, 4) is 0 Å². The summed E-state index contributed by atoms with van der Waals surface area (Å²) in [5.41, 5.74) is 8.22. The number of aromatic nitrogens is 1. The Morgan fingerprint density at radius 1 is 0.857 bits per heavy atom. The molecular weight excluding hydrogens is 430 g/mol. The lowest BCUT2D eigenvalue weighted by molar-refractivity contribution is -0.671. The highest BCUT2D eigenvalue weighted by Crippen LogP contribution is 2.55. The molecule has 6 bridgehead atoms. The van der Waals surface area contributed by atoms with Crippen LogP contribution >= 0.6 is 0 Å². The second-order valence-corrected chi connectivity index (χ2v) is 12.6. The van der Waals surface area contributed by atoms with Gasteiger partial charge in [0.2, 0.25) is 0 Å². The summed E-state index contributed by atoms with van der Waals surface area (Å²) in [7, 11) is 2.05. The minimum absolute atomic E-state index is 0.0519. The molecule has 0 fully saturated rings. The van der Waals surface area contributed by atoms with Crippen LogP contribution in [0.1, 0.15) is 76.3 Å². The van der Waals surface area contributed by atoms with Crippen LogP contribution in [0.25, 0.3) is 17.7 Å². The van der Waals surface area contributed by atoms with Gasteiger partial charge >= 0.3 is 0 Å². The number of rotatable bonds is 1. The van der Waals surface area contributed by atoms with Crippen LogP contribution in [0.15, 0.2) is 66.0 Å². The van der Waals surface area contributed by atoms with E-state index in [2.05, 4.69) is 134 Å². The number of hydrogen-bond acceptors (Lipinski definition) is 2. The Morgan fingerprint density at radius 2 is 1.51 bits per heavy atom. The molecule has 35 heavy (non-hydrogen) atoms. The lowest BCUT2D eigenvalue weighted by Crippen LogP contribution is -2.55. The molecule has 0 amide bonds. The van der Waals surface area contributed by atoms with Gasteiger partial charge in [-0.25, -0.2) is 14.3 Å². The summed E-state index contributed by atoms with van der Waals surface area (Å²) in [6.45, 7) is 17.8. The monoisotopic (exact) mass is 468 g/mol. The van der Waals surface area contributed by atoms with Gasteiger partial charge in [0.25, 0.3) is 0 Å². The predicted octanol–water partition coefficient (Wildman–Crippen LogP) is 7.06. The molecule has 6 rings (SSSR count). The minimum Gasteiger partial charge on any atom is -0.220 e. The SMILES string of the molecule is Cc1c2cc(C(C)(C)C)cc1/C=C(/c1cc[n+](C)cc1)C1=CC3(C(C)(C)C)C=C(/C=C\2)C1(C)OO3. The number of benzene rings is 1.